The Morgan fingerprint density at radius 3 is 2.67 bits per heavy atom. The van der Waals surface area contributed by atoms with E-state index in [1.807, 2.05) is 23.7 Å². The zero-order valence-corrected chi connectivity index (χ0v) is 12.3. The van der Waals surface area contributed by atoms with Crippen molar-refractivity contribution in [3.63, 3.8) is 0 Å². The smallest absolute Gasteiger partial charge is 0.194 e. The van der Waals surface area contributed by atoms with E-state index in [0.29, 0.717) is 0 Å². The summed E-state index contributed by atoms with van der Waals surface area (Å²) in [7, 11) is 0. The standard InChI is InChI=1S/C13H19N3OS/c1-9-14-12(16(15-9)13(2,3)4)11-7-6-10(17-11)8-18-5/h6-7H,8H2,1-5H3. The zero-order chi connectivity index (χ0) is 13.3. The van der Waals surface area contributed by atoms with Crippen molar-refractivity contribution in [1.29, 1.82) is 0 Å². The van der Waals surface area contributed by atoms with Gasteiger partial charge in [-0.2, -0.15) is 16.9 Å². The third-order valence-corrected chi connectivity index (χ3v) is 3.09. The summed E-state index contributed by atoms with van der Waals surface area (Å²) in [6.07, 6.45) is 2.06. The van der Waals surface area contributed by atoms with Crippen LogP contribution in [0.1, 0.15) is 32.4 Å². The highest BCUT2D eigenvalue weighted by Gasteiger charge is 2.22. The molecule has 2 aromatic heterocycles. The van der Waals surface area contributed by atoms with Crippen LogP contribution in [0.3, 0.4) is 0 Å². The molecule has 2 heterocycles. The number of nitrogens with zero attached hydrogens (tertiary/aromatic N) is 3. The second kappa shape index (κ2) is 4.80. The van der Waals surface area contributed by atoms with Gasteiger partial charge in [0, 0.05) is 0 Å². The first-order valence-electron chi connectivity index (χ1n) is 5.94. The van der Waals surface area contributed by atoms with Crippen LogP contribution in [-0.4, -0.2) is 21.0 Å². The van der Waals surface area contributed by atoms with Crippen LogP contribution in [0.25, 0.3) is 11.6 Å². The van der Waals surface area contributed by atoms with Crippen molar-refractivity contribution in [3.8, 4) is 11.6 Å². The molecule has 18 heavy (non-hydrogen) atoms. The van der Waals surface area contributed by atoms with Crippen LogP contribution in [-0.2, 0) is 11.3 Å². The second-order valence-electron chi connectivity index (χ2n) is 5.26. The van der Waals surface area contributed by atoms with E-state index >= 15 is 0 Å². The molecular formula is C13H19N3OS. The van der Waals surface area contributed by atoms with E-state index in [4.69, 9.17) is 4.42 Å². The van der Waals surface area contributed by atoms with Gasteiger partial charge in [-0.25, -0.2) is 9.67 Å². The fourth-order valence-corrected chi connectivity index (χ4v) is 2.20. The van der Waals surface area contributed by atoms with Gasteiger partial charge in [0.15, 0.2) is 11.6 Å². The first-order chi connectivity index (χ1) is 8.41. The van der Waals surface area contributed by atoms with E-state index < -0.39 is 0 Å². The summed E-state index contributed by atoms with van der Waals surface area (Å²) in [6.45, 7) is 8.22. The minimum Gasteiger partial charge on any atom is -0.457 e. The Hall–Kier alpha value is -1.23. The van der Waals surface area contributed by atoms with E-state index in [0.717, 1.165) is 28.9 Å². The molecule has 2 aromatic rings. The molecule has 98 valence electrons. The summed E-state index contributed by atoms with van der Waals surface area (Å²) in [5, 5.41) is 4.45. The highest BCUT2D eigenvalue weighted by atomic mass is 32.2. The number of thioether (sulfide) groups is 1. The molecule has 0 N–H and O–H groups in total. The van der Waals surface area contributed by atoms with Gasteiger partial charge in [0.1, 0.15) is 11.6 Å². The van der Waals surface area contributed by atoms with E-state index in [-0.39, 0.29) is 5.54 Å². The molecule has 0 aromatic carbocycles. The lowest BCUT2D eigenvalue weighted by Crippen LogP contribution is -2.24. The Labute approximate surface area is 112 Å². The zero-order valence-electron chi connectivity index (χ0n) is 11.5. The highest BCUT2D eigenvalue weighted by Crippen LogP contribution is 2.26. The van der Waals surface area contributed by atoms with Crippen LogP contribution in [0.4, 0.5) is 0 Å². The van der Waals surface area contributed by atoms with Crippen LogP contribution >= 0.6 is 11.8 Å². The maximum Gasteiger partial charge on any atom is 0.194 e. The number of hydrogen-bond acceptors (Lipinski definition) is 4. The van der Waals surface area contributed by atoms with Gasteiger partial charge in [0.25, 0.3) is 0 Å². The van der Waals surface area contributed by atoms with Crippen molar-refractivity contribution in [2.45, 2.75) is 39.0 Å². The molecule has 2 rings (SSSR count). The molecule has 0 unspecified atom stereocenters. The molecule has 4 nitrogen and oxygen atoms in total. The predicted molar refractivity (Wildman–Crippen MR) is 74.7 cm³/mol. The highest BCUT2D eigenvalue weighted by molar-refractivity contribution is 7.97. The van der Waals surface area contributed by atoms with E-state index in [1.165, 1.54) is 0 Å². The molecule has 5 heteroatoms. The summed E-state index contributed by atoms with van der Waals surface area (Å²) in [5.74, 6) is 4.20. The van der Waals surface area contributed by atoms with Crippen LogP contribution in [0.5, 0.6) is 0 Å². The lowest BCUT2D eigenvalue weighted by atomic mass is 10.1. The van der Waals surface area contributed by atoms with Gasteiger partial charge in [-0.3, -0.25) is 0 Å². The first kappa shape index (κ1) is 13.2. The van der Waals surface area contributed by atoms with Gasteiger partial charge in [-0.15, -0.1) is 0 Å². The Morgan fingerprint density at radius 2 is 2.06 bits per heavy atom. The molecule has 0 saturated carbocycles. The minimum absolute atomic E-state index is 0.108. The number of aromatic nitrogens is 3. The molecule has 0 aliphatic rings. The van der Waals surface area contributed by atoms with Crippen LogP contribution in [0, 0.1) is 6.92 Å². The predicted octanol–water partition coefficient (Wildman–Crippen LogP) is 3.46. The average Bonchev–Trinajstić information content (AvgIpc) is 2.84. The van der Waals surface area contributed by atoms with E-state index in [1.54, 1.807) is 11.8 Å². The molecule has 0 aliphatic carbocycles. The SMILES string of the molecule is CSCc1ccc(-c2nc(C)nn2C(C)(C)C)o1. The van der Waals surface area contributed by atoms with Gasteiger partial charge >= 0.3 is 0 Å². The van der Waals surface area contributed by atoms with Gasteiger partial charge in [-0.1, -0.05) is 0 Å². The van der Waals surface area contributed by atoms with E-state index in [2.05, 4.69) is 37.1 Å². The Kier molecular flexibility index (Phi) is 3.52. The van der Waals surface area contributed by atoms with Crippen molar-refractivity contribution in [2.75, 3.05) is 6.26 Å². The normalized spacial score (nSPS) is 12.1. The molecule has 0 radical (unpaired) electrons. The summed E-state index contributed by atoms with van der Waals surface area (Å²) in [5.41, 5.74) is -0.108. The Morgan fingerprint density at radius 1 is 1.33 bits per heavy atom. The first-order valence-corrected chi connectivity index (χ1v) is 7.33. The third kappa shape index (κ3) is 2.61. The maximum atomic E-state index is 5.82. The quantitative estimate of drug-likeness (QED) is 0.852. The number of furan rings is 1. The molecule has 0 atom stereocenters. The summed E-state index contributed by atoms with van der Waals surface area (Å²) in [4.78, 5) is 4.47. The molecule has 0 amide bonds. The monoisotopic (exact) mass is 265 g/mol. The lowest BCUT2D eigenvalue weighted by Gasteiger charge is -2.20. The van der Waals surface area contributed by atoms with Gasteiger partial charge in [0.2, 0.25) is 0 Å². The van der Waals surface area contributed by atoms with Crippen LogP contribution < -0.4 is 0 Å². The fraction of sp³-hybridized carbons (Fsp3) is 0.538. The molecule has 0 aliphatic heterocycles. The van der Waals surface area contributed by atoms with Crippen molar-refractivity contribution >= 4 is 11.8 Å². The lowest BCUT2D eigenvalue weighted by molar-refractivity contribution is 0.354. The summed E-state index contributed by atoms with van der Waals surface area (Å²) in [6, 6.07) is 3.97. The largest absolute Gasteiger partial charge is 0.457 e. The van der Waals surface area contributed by atoms with Gasteiger partial charge < -0.3 is 4.42 Å². The Bertz CT molecular complexity index is 537. The number of hydrogen-bond donors (Lipinski definition) is 0. The van der Waals surface area contributed by atoms with Crippen LogP contribution in [0.2, 0.25) is 0 Å². The van der Waals surface area contributed by atoms with Crippen molar-refractivity contribution in [1.82, 2.24) is 14.8 Å². The number of rotatable bonds is 3. The third-order valence-electron chi connectivity index (χ3n) is 2.52. The van der Waals surface area contributed by atoms with Gasteiger partial charge in [0.05, 0.1) is 11.3 Å². The summed E-state index contributed by atoms with van der Waals surface area (Å²) < 4.78 is 7.74. The van der Waals surface area contributed by atoms with Crippen molar-refractivity contribution in [2.24, 2.45) is 0 Å². The molecule has 0 saturated heterocycles. The molecule has 0 bridgehead atoms. The molecule has 0 fully saturated rings. The van der Waals surface area contributed by atoms with Crippen molar-refractivity contribution in [3.05, 3.63) is 23.7 Å². The average molecular weight is 265 g/mol. The summed E-state index contributed by atoms with van der Waals surface area (Å²) >= 11 is 1.74. The number of aryl methyl sites for hydroxylation is 1. The van der Waals surface area contributed by atoms with E-state index in [9.17, 15) is 0 Å². The molecular weight excluding hydrogens is 246 g/mol. The minimum atomic E-state index is -0.108. The maximum absolute atomic E-state index is 5.82. The molecule has 0 spiro atoms. The fourth-order valence-electron chi connectivity index (χ4n) is 1.76. The second-order valence-corrected chi connectivity index (χ2v) is 6.13. The van der Waals surface area contributed by atoms with Crippen molar-refractivity contribution < 1.29 is 4.42 Å². The van der Waals surface area contributed by atoms with Gasteiger partial charge in [-0.05, 0) is 46.1 Å². The topological polar surface area (TPSA) is 43.9 Å². The Balaban J connectivity index is 2.43. The van der Waals surface area contributed by atoms with Crippen LogP contribution in [0.15, 0.2) is 16.5 Å².